The zero-order chi connectivity index (χ0) is 13.1. The zero-order valence-corrected chi connectivity index (χ0v) is 11.1. The van der Waals surface area contributed by atoms with Crippen molar-refractivity contribution < 1.29 is 0 Å². The molecule has 0 saturated carbocycles. The lowest BCUT2D eigenvalue weighted by Gasteiger charge is -2.08. The van der Waals surface area contributed by atoms with E-state index in [0.29, 0.717) is 11.6 Å². The van der Waals surface area contributed by atoms with E-state index < -0.39 is 0 Å². The van der Waals surface area contributed by atoms with Crippen molar-refractivity contribution in [1.82, 2.24) is 9.97 Å². The fraction of sp³-hybridized carbons (Fsp3) is 0.231. The molecular formula is C13H15ClN4. The fourth-order valence-corrected chi connectivity index (χ4v) is 1.74. The van der Waals surface area contributed by atoms with Crippen molar-refractivity contribution in [1.29, 1.82) is 0 Å². The number of rotatable bonds is 3. The summed E-state index contributed by atoms with van der Waals surface area (Å²) in [7, 11) is 0. The van der Waals surface area contributed by atoms with Crippen LogP contribution < -0.4 is 11.1 Å². The van der Waals surface area contributed by atoms with Gasteiger partial charge in [0, 0.05) is 23.2 Å². The molecular weight excluding hydrogens is 248 g/mol. The molecule has 4 nitrogen and oxygen atoms in total. The van der Waals surface area contributed by atoms with Crippen molar-refractivity contribution in [3.05, 3.63) is 40.7 Å². The number of halogens is 1. The maximum Gasteiger partial charge on any atom is 0.136 e. The number of aromatic nitrogens is 2. The van der Waals surface area contributed by atoms with Crippen LogP contribution in [0, 0.1) is 6.92 Å². The summed E-state index contributed by atoms with van der Waals surface area (Å²) in [5, 5.41) is 3.89. The Bertz CT molecular complexity index is 569. The molecule has 0 fully saturated rings. The molecule has 2 rings (SSSR count). The van der Waals surface area contributed by atoms with E-state index in [1.165, 1.54) is 0 Å². The quantitative estimate of drug-likeness (QED) is 0.891. The van der Waals surface area contributed by atoms with Crippen LogP contribution in [0.5, 0.6) is 0 Å². The molecule has 5 heteroatoms. The zero-order valence-electron chi connectivity index (χ0n) is 10.4. The van der Waals surface area contributed by atoms with E-state index in [2.05, 4.69) is 15.3 Å². The number of hydrogen-bond acceptors (Lipinski definition) is 4. The maximum absolute atomic E-state index is 6.07. The van der Waals surface area contributed by atoms with Crippen LogP contribution >= 0.6 is 11.6 Å². The topological polar surface area (TPSA) is 63.8 Å². The lowest BCUT2D eigenvalue weighted by Crippen LogP contribution is -2.02. The molecule has 18 heavy (non-hydrogen) atoms. The molecule has 3 N–H and O–H groups in total. The molecule has 0 amide bonds. The second kappa shape index (κ2) is 5.23. The van der Waals surface area contributed by atoms with Crippen molar-refractivity contribution in [2.75, 3.05) is 11.1 Å². The van der Waals surface area contributed by atoms with Crippen LogP contribution in [-0.4, -0.2) is 9.97 Å². The van der Waals surface area contributed by atoms with Gasteiger partial charge in [-0.3, -0.25) is 0 Å². The molecule has 0 bridgehead atoms. The molecule has 0 atom stereocenters. The second-order valence-electron chi connectivity index (χ2n) is 4.04. The van der Waals surface area contributed by atoms with Gasteiger partial charge in [0.2, 0.25) is 0 Å². The lowest BCUT2D eigenvalue weighted by atomic mass is 10.2. The molecule has 1 aromatic carbocycles. The third kappa shape index (κ3) is 2.90. The number of aryl methyl sites for hydroxylation is 2. The van der Waals surface area contributed by atoms with Gasteiger partial charge in [-0.05, 0) is 24.6 Å². The highest BCUT2D eigenvalue weighted by atomic mass is 35.5. The van der Waals surface area contributed by atoms with E-state index in [4.69, 9.17) is 17.3 Å². The van der Waals surface area contributed by atoms with E-state index in [1.807, 2.05) is 32.0 Å². The van der Waals surface area contributed by atoms with Crippen molar-refractivity contribution >= 4 is 28.9 Å². The lowest BCUT2D eigenvalue weighted by molar-refractivity contribution is 0.948. The van der Waals surface area contributed by atoms with Crippen molar-refractivity contribution in [2.45, 2.75) is 20.3 Å². The third-order valence-electron chi connectivity index (χ3n) is 2.55. The molecule has 2 aromatic rings. The van der Waals surface area contributed by atoms with Crippen LogP contribution in [0.25, 0.3) is 0 Å². The van der Waals surface area contributed by atoms with Crippen LogP contribution in [0.1, 0.15) is 18.3 Å². The van der Waals surface area contributed by atoms with Gasteiger partial charge >= 0.3 is 0 Å². The predicted octanol–water partition coefficient (Wildman–Crippen LogP) is 3.33. The van der Waals surface area contributed by atoms with Gasteiger partial charge in [-0.15, -0.1) is 0 Å². The van der Waals surface area contributed by atoms with Crippen LogP contribution in [0.15, 0.2) is 24.3 Å². The molecule has 0 aliphatic carbocycles. The molecule has 0 radical (unpaired) electrons. The van der Waals surface area contributed by atoms with Gasteiger partial charge in [0.05, 0.1) is 0 Å². The molecule has 1 aromatic heterocycles. The minimum absolute atomic E-state index is 0.461. The number of nitrogens with two attached hydrogens (primary N) is 1. The number of nitrogen functional groups attached to an aromatic ring is 1. The van der Waals surface area contributed by atoms with Gasteiger partial charge in [-0.25, -0.2) is 9.97 Å². The molecule has 0 spiro atoms. The Kier molecular flexibility index (Phi) is 3.67. The van der Waals surface area contributed by atoms with Gasteiger partial charge in [0.15, 0.2) is 0 Å². The average Bonchev–Trinajstić information content (AvgIpc) is 2.33. The van der Waals surface area contributed by atoms with Gasteiger partial charge < -0.3 is 11.1 Å². The van der Waals surface area contributed by atoms with Gasteiger partial charge in [0.1, 0.15) is 17.5 Å². The van der Waals surface area contributed by atoms with Gasteiger partial charge in [0.25, 0.3) is 0 Å². The monoisotopic (exact) mass is 262 g/mol. The summed E-state index contributed by atoms with van der Waals surface area (Å²) in [5.74, 6) is 1.86. The minimum Gasteiger partial charge on any atom is -0.384 e. The third-order valence-corrected chi connectivity index (χ3v) is 2.96. The van der Waals surface area contributed by atoms with Crippen LogP contribution in [0.2, 0.25) is 5.02 Å². The van der Waals surface area contributed by atoms with E-state index >= 15 is 0 Å². The molecule has 0 aliphatic heterocycles. The molecule has 0 aliphatic rings. The van der Waals surface area contributed by atoms with Crippen LogP contribution in [0.4, 0.5) is 17.3 Å². The summed E-state index contributed by atoms with van der Waals surface area (Å²) in [6.45, 7) is 3.95. The van der Waals surface area contributed by atoms with Crippen LogP contribution in [-0.2, 0) is 6.42 Å². The minimum atomic E-state index is 0.461. The first kappa shape index (κ1) is 12.6. The maximum atomic E-state index is 6.07. The second-order valence-corrected chi connectivity index (χ2v) is 4.44. The number of nitrogens with one attached hydrogen (secondary N) is 1. The Morgan fingerprint density at radius 3 is 2.72 bits per heavy atom. The number of anilines is 3. The average molecular weight is 263 g/mol. The van der Waals surface area contributed by atoms with Gasteiger partial charge in [-0.2, -0.15) is 0 Å². The highest BCUT2D eigenvalue weighted by Gasteiger charge is 2.03. The first-order chi connectivity index (χ1) is 8.58. The van der Waals surface area contributed by atoms with Gasteiger partial charge in [-0.1, -0.05) is 24.6 Å². The molecule has 1 heterocycles. The Morgan fingerprint density at radius 2 is 2.06 bits per heavy atom. The highest BCUT2D eigenvalue weighted by Crippen LogP contribution is 2.23. The normalized spacial score (nSPS) is 10.4. The predicted molar refractivity (Wildman–Crippen MR) is 75.3 cm³/mol. The standard InChI is InChI=1S/C13H15ClN4/c1-3-12-17-11(15)7-13(18-12)16-9-5-4-8(2)10(14)6-9/h4-7H,3H2,1-2H3,(H3,15,16,17,18). The van der Waals surface area contributed by atoms with E-state index in [0.717, 1.165) is 28.5 Å². The number of hydrogen-bond donors (Lipinski definition) is 2. The summed E-state index contributed by atoms with van der Waals surface area (Å²) in [5.41, 5.74) is 7.65. The van der Waals surface area contributed by atoms with E-state index in [9.17, 15) is 0 Å². The largest absolute Gasteiger partial charge is 0.384 e. The fourth-order valence-electron chi connectivity index (χ4n) is 1.56. The number of benzene rings is 1. The van der Waals surface area contributed by atoms with Crippen molar-refractivity contribution in [3.63, 3.8) is 0 Å². The molecule has 0 saturated heterocycles. The first-order valence-electron chi connectivity index (χ1n) is 5.75. The Morgan fingerprint density at radius 1 is 1.28 bits per heavy atom. The first-order valence-corrected chi connectivity index (χ1v) is 6.13. The molecule has 94 valence electrons. The summed E-state index contributed by atoms with van der Waals surface area (Å²) in [4.78, 5) is 8.48. The highest BCUT2D eigenvalue weighted by molar-refractivity contribution is 6.31. The Labute approximate surface area is 111 Å². The Balaban J connectivity index is 2.27. The van der Waals surface area contributed by atoms with E-state index in [-0.39, 0.29) is 0 Å². The van der Waals surface area contributed by atoms with Crippen molar-refractivity contribution in [3.8, 4) is 0 Å². The summed E-state index contributed by atoms with van der Waals surface area (Å²) in [6.07, 6.45) is 0.744. The molecule has 0 unspecified atom stereocenters. The Hall–Kier alpha value is -1.81. The van der Waals surface area contributed by atoms with Crippen molar-refractivity contribution in [2.24, 2.45) is 0 Å². The smallest absolute Gasteiger partial charge is 0.136 e. The SMILES string of the molecule is CCc1nc(N)cc(Nc2ccc(C)c(Cl)c2)n1. The summed E-state index contributed by atoms with van der Waals surface area (Å²) >= 11 is 6.07. The summed E-state index contributed by atoms with van der Waals surface area (Å²) < 4.78 is 0. The van der Waals surface area contributed by atoms with E-state index in [1.54, 1.807) is 6.07 Å². The number of nitrogens with zero attached hydrogens (tertiary/aromatic N) is 2. The van der Waals surface area contributed by atoms with Crippen LogP contribution in [0.3, 0.4) is 0 Å². The summed E-state index contributed by atoms with van der Waals surface area (Å²) in [6, 6.07) is 7.47.